The second kappa shape index (κ2) is 5.44. The molecule has 1 N–H and O–H groups in total. The highest BCUT2D eigenvalue weighted by molar-refractivity contribution is 6.02. The van der Waals surface area contributed by atoms with Gasteiger partial charge in [-0.1, -0.05) is 6.07 Å². The van der Waals surface area contributed by atoms with Crippen LogP contribution in [0.3, 0.4) is 0 Å². The molecule has 0 saturated heterocycles. The number of fused-ring (bicyclic) bond motifs is 1. The van der Waals surface area contributed by atoms with Gasteiger partial charge in [-0.3, -0.25) is 4.79 Å². The van der Waals surface area contributed by atoms with Crippen LogP contribution in [0.1, 0.15) is 28.4 Å². The van der Waals surface area contributed by atoms with Crippen molar-refractivity contribution in [3.05, 3.63) is 47.7 Å². The van der Waals surface area contributed by atoms with Crippen LogP contribution >= 0.6 is 0 Å². The first-order valence-electron chi connectivity index (χ1n) is 6.69. The quantitative estimate of drug-likeness (QED) is 0.939. The van der Waals surface area contributed by atoms with Crippen LogP contribution in [0.4, 0.5) is 5.82 Å². The van der Waals surface area contributed by atoms with Crippen LogP contribution in [0, 0.1) is 0 Å². The predicted octanol–water partition coefficient (Wildman–Crippen LogP) is 2.84. The van der Waals surface area contributed by atoms with Gasteiger partial charge in [0.15, 0.2) is 17.3 Å². The minimum absolute atomic E-state index is 0.0941. The highest BCUT2D eigenvalue weighted by atomic mass is 16.5. The number of methoxy groups -OCH3 is 2. The monoisotopic (exact) mass is 284 g/mol. The first-order chi connectivity index (χ1) is 10.2. The number of pyridine rings is 1. The fraction of sp³-hybridized carbons (Fsp3) is 0.250. The minimum atomic E-state index is -0.111. The first kappa shape index (κ1) is 13.4. The molecule has 3 rings (SSSR count). The summed E-state index contributed by atoms with van der Waals surface area (Å²) in [7, 11) is 3.19. The number of hydrogen-bond donors (Lipinski definition) is 1. The van der Waals surface area contributed by atoms with Crippen LogP contribution in [0.2, 0.25) is 0 Å². The summed E-state index contributed by atoms with van der Waals surface area (Å²) in [4.78, 5) is 16.4. The van der Waals surface area contributed by atoms with Gasteiger partial charge in [-0.05, 0) is 29.8 Å². The molecule has 0 aliphatic carbocycles. The second-order valence-corrected chi connectivity index (χ2v) is 4.84. The van der Waals surface area contributed by atoms with Crippen molar-refractivity contribution in [3.8, 4) is 11.5 Å². The molecule has 1 unspecified atom stereocenters. The maximum absolute atomic E-state index is 12.2. The number of nitrogens with one attached hydrogen (secondary N) is 1. The Morgan fingerprint density at radius 3 is 2.76 bits per heavy atom. The van der Waals surface area contributed by atoms with E-state index in [9.17, 15) is 4.79 Å². The molecule has 5 nitrogen and oxygen atoms in total. The number of hydrogen-bond acceptors (Lipinski definition) is 5. The van der Waals surface area contributed by atoms with E-state index in [-0.39, 0.29) is 11.8 Å². The lowest BCUT2D eigenvalue weighted by Crippen LogP contribution is -2.23. The Morgan fingerprint density at radius 1 is 1.19 bits per heavy atom. The summed E-state index contributed by atoms with van der Waals surface area (Å²) in [6.45, 7) is 0. The van der Waals surface area contributed by atoms with Gasteiger partial charge in [-0.15, -0.1) is 0 Å². The Kier molecular flexibility index (Phi) is 3.48. The van der Waals surface area contributed by atoms with Gasteiger partial charge in [0.2, 0.25) is 0 Å². The molecule has 0 bridgehead atoms. The number of ketones is 1. The van der Waals surface area contributed by atoms with Crippen molar-refractivity contribution in [2.75, 3.05) is 19.5 Å². The molecule has 0 fully saturated rings. The van der Waals surface area contributed by atoms with Crippen molar-refractivity contribution in [1.82, 2.24) is 4.98 Å². The first-order valence-corrected chi connectivity index (χ1v) is 6.69. The Labute approximate surface area is 122 Å². The molecule has 108 valence electrons. The number of carbonyl (C=O) groups excluding carboxylic acids is 1. The van der Waals surface area contributed by atoms with Crippen molar-refractivity contribution in [3.63, 3.8) is 0 Å². The predicted molar refractivity (Wildman–Crippen MR) is 79.1 cm³/mol. The van der Waals surface area contributed by atoms with Gasteiger partial charge in [-0.25, -0.2) is 4.98 Å². The number of rotatable bonds is 3. The normalized spacial score (nSPS) is 16.9. The molecule has 0 amide bonds. The van der Waals surface area contributed by atoms with Crippen LogP contribution < -0.4 is 14.8 Å². The smallest absolute Gasteiger partial charge is 0.168 e. The highest BCUT2D eigenvalue weighted by Crippen LogP contribution is 2.35. The van der Waals surface area contributed by atoms with E-state index in [4.69, 9.17) is 9.47 Å². The van der Waals surface area contributed by atoms with Crippen molar-refractivity contribution >= 4 is 11.6 Å². The molecular formula is C16H16N2O3. The third-order valence-electron chi connectivity index (χ3n) is 3.62. The summed E-state index contributed by atoms with van der Waals surface area (Å²) < 4.78 is 10.5. The molecule has 0 saturated carbocycles. The summed E-state index contributed by atoms with van der Waals surface area (Å²) in [5, 5.41) is 3.30. The molecule has 2 heterocycles. The van der Waals surface area contributed by atoms with E-state index < -0.39 is 0 Å². The molecule has 2 aromatic rings. The second-order valence-electron chi connectivity index (χ2n) is 4.84. The lowest BCUT2D eigenvalue weighted by Gasteiger charge is -2.25. The Hall–Kier alpha value is -2.56. The third-order valence-corrected chi connectivity index (χ3v) is 3.62. The number of Topliss-reactive ketones (excluding diaryl/α,β-unsaturated/α-hetero) is 1. The van der Waals surface area contributed by atoms with Crippen molar-refractivity contribution in [1.29, 1.82) is 0 Å². The van der Waals surface area contributed by atoms with E-state index in [1.165, 1.54) is 0 Å². The zero-order chi connectivity index (χ0) is 14.8. The molecule has 1 aliphatic rings. The highest BCUT2D eigenvalue weighted by Gasteiger charge is 2.26. The number of ether oxygens (including phenoxy) is 2. The zero-order valence-electron chi connectivity index (χ0n) is 11.9. The van der Waals surface area contributed by atoms with Crippen LogP contribution in [0.15, 0.2) is 36.5 Å². The molecule has 1 aromatic heterocycles. The maximum atomic E-state index is 12.2. The Bertz CT molecular complexity index is 685. The van der Waals surface area contributed by atoms with Crippen LogP contribution in [-0.4, -0.2) is 25.0 Å². The average Bonchev–Trinajstić information content (AvgIpc) is 2.54. The molecule has 1 aliphatic heterocycles. The van der Waals surface area contributed by atoms with E-state index in [2.05, 4.69) is 10.3 Å². The standard InChI is InChI=1S/C16H16N2O3/c1-20-14-6-5-10(8-15(14)21-2)12-9-13(19)11-4-3-7-17-16(11)18-12/h3-8,12H,9H2,1-2H3,(H,17,18). The van der Waals surface area contributed by atoms with Crippen LogP contribution in [0.25, 0.3) is 0 Å². The maximum Gasteiger partial charge on any atom is 0.168 e. The number of nitrogens with zero attached hydrogens (tertiary/aromatic N) is 1. The van der Waals surface area contributed by atoms with E-state index in [0.717, 1.165) is 5.56 Å². The number of anilines is 1. The molecule has 0 radical (unpaired) electrons. The fourth-order valence-corrected chi connectivity index (χ4v) is 2.53. The van der Waals surface area contributed by atoms with E-state index in [1.54, 1.807) is 32.5 Å². The van der Waals surface area contributed by atoms with Gasteiger partial charge >= 0.3 is 0 Å². The van der Waals surface area contributed by atoms with E-state index >= 15 is 0 Å². The van der Waals surface area contributed by atoms with Gasteiger partial charge in [0, 0.05) is 12.6 Å². The number of aromatic nitrogens is 1. The Morgan fingerprint density at radius 2 is 2.00 bits per heavy atom. The van der Waals surface area contributed by atoms with E-state index in [1.807, 2.05) is 18.2 Å². The summed E-state index contributed by atoms with van der Waals surface area (Å²) in [5.41, 5.74) is 1.62. The summed E-state index contributed by atoms with van der Waals surface area (Å²) >= 11 is 0. The average molecular weight is 284 g/mol. The summed E-state index contributed by atoms with van der Waals surface area (Å²) in [6.07, 6.45) is 2.07. The molecule has 5 heteroatoms. The van der Waals surface area contributed by atoms with E-state index in [0.29, 0.717) is 29.3 Å². The van der Waals surface area contributed by atoms with Crippen LogP contribution in [-0.2, 0) is 0 Å². The summed E-state index contributed by atoms with van der Waals surface area (Å²) in [5.74, 6) is 2.04. The molecular weight excluding hydrogens is 268 g/mol. The van der Waals surface area contributed by atoms with Crippen molar-refractivity contribution < 1.29 is 14.3 Å². The topological polar surface area (TPSA) is 60.5 Å². The van der Waals surface area contributed by atoms with Gasteiger partial charge in [-0.2, -0.15) is 0 Å². The van der Waals surface area contributed by atoms with Gasteiger partial charge < -0.3 is 14.8 Å². The van der Waals surface area contributed by atoms with Gasteiger partial charge in [0.25, 0.3) is 0 Å². The van der Waals surface area contributed by atoms with Crippen molar-refractivity contribution in [2.24, 2.45) is 0 Å². The molecule has 21 heavy (non-hydrogen) atoms. The van der Waals surface area contributed by atoms with Crippen LogP contribution in [0.5, 0.6) is 11.5 Å². The molecule has 1 aromatic carbocycles. The molecule has 1 atom stereocenters. The molecule has 0 spiro atoms. The number of carbonyl (C=O) groups is 1. The lowest BCUT2D eigenvalue weighted by atomic mass is 9.94. The lowest BCUT2D eigenvalue weighted by molar-refractivity contribution is 0.0971. The SMILES string of the molecule is COc1ccc(C2CC(=O)c3cccnc3N2)cc1OC. The fourth-order valence-electron chi connectivity index (χ4n) is 2.53. The summed E-state index contributed by atoms with van der Waals surface area (Å²) in [6, 6.07) is 9.11. The number of benzene rings is 1. The Balaban J connectivity index is 1.94. The van der Waals surface area contributed by atoms with Gasteiger partial charge in [0.05, 0.1) is 25.8 Å². The zero-order valence-corrected chi connectivity index (χ0v) is 11.9. The van der Waals surface area contributed by atoms with Crippen molar-refractivity contribution in [2.45, 2.75) is 12.5 Å². The largest absolute Gasteiger partial charge is 0.493 e. The third kappa shape index (κ3) is 2.42. The minimum Gasteiger partial charge on any atom is -0.493 e. The van der Waals surface area contributed by atoms with Gasteiger partial charge in [0.1, 0.15) is 5.82 Å².